The number of hydrogen-bond acceptors (Lipinski definition) is 2. The third kappa shape index (κ3) is 3.86. The molecule has 0 saturated carbocycles. The molecule has 0 fully saturated rings. The van der Waals surface area contributed by atoms with E-state index in [0.717, 1.165) is 0 Å². The molecule has 0 radical (unpaired) electrons. The molecule has 2 rings (SSSR count). The summed E-state index contributed by atoms with van der Waals surface area (Å²) < 4.78 is 27.5. The maximum Gasteiger partial charge on any atom is 0.128 e. The van der Waals surface area contributed by atoms with Crippen LogP contribution in [0.4, 0.5) is 8.78 Å². The van der Waals surface area contributed by atoms with E-state index in [-0.39, 0.29) is 11.7 Å². The van der Waals surface area contributed by atoms with Crippen LogP contribution in [0.1, 0.15) is 16.7 Å². The number of benzene rings is 2. The Morgan fingerprint density at radius 3 is 2.24 bits per heavy atom. The van der Waals surface area contributed by atoms with Crippen molar-refractivity contribution < 1.29 is 8.78 Å². The normalized spacial score (nSPS) is 10.9. The molecule has 0 aromatic heterocycles. The zero-order valence-corrected chi connectivity index (χ0v) is 11.7. The van der Waals surface area contributed by atoms with Crippen molar-refractivity contribution in [2.75, 3.05) is 7.05 Å². The molecule has 0 unspecified atom stereocenters. The third-order valence-electron chi connectivity index (χ3n) is 3.20. The quantitative estimate of drug-likeness (QED) is 0.657. The summed E-state index contributed by atoms with van der Waals surface area (Å²) in [6.45, 7) is 0.735. The van der Waals surface area contributed by atoms with Crippen molar-refractivity contribution in [1.82, 2.24) is 4.90 Å². The van der Waals surface area contributed by atoms with Gasteiger partial charge in [0.15, 0.2) is 0 Å². The van der Waals surface area contributed by atoms with Gasteiger partial charge in [-0.15, -0.1) is 0 Å². The number of nitrogens with one attached hydrogen (secondary N) is 1. The first-order valence-corrected chi connectivity index (χ1v) is 6.52. The molecule has 0 aliphatic carbocycles. The van der Waals surface area contributed by atoms with Crippen molar-refractivity contribution in [3.05, 3.63) is 70.8 Å². The highest BCUT2D eigenvalue weighted by atomic mass is 19.1. The first-order chi connectivity index (χ1) is 9.97. The number of hydrogen-bond donors (Lipinski definition) is 2. The zero-order chi connectivity index (χ0) is 15.4. The van der Waals surface area contributed by atoms with Crippen LogP contribution in [0.3, 0.4) is 0 Å². The molecule has 0 heterocycles. The van der Waals surface area contributed by atoms with E-state index < -0.39 is 5.82 Å². The fourth-order valence-corrected chi connectivity index (χ4v) is 2.11. The molecule has 0 aliphatic rings. The first kappa shape index (κ1) is 15.1. The summed E-state index contributed by atoms with van der Waals surface area (Å²) >= 11 is 0. The highest BCUT2D eigenvalue weighted by Gasteiger charge is 2.10. The number of halogens is 2. The Hall–Kier alpha value is -2.27. The minimum absolute atomic E-state index is 0.167. The van der Waals surface area contributed by atoms with E-state index in [4.69, 9.17) is 11.1 Å². The summed E-state index contributed by atoms with van der Waals surface area (Å²) in [5.41, 5.74) is 6.73. The lowest BCUT2D eigenvalue weighted by Gasteiger charge is -2.18. The molecule has 2 aromatic rings. The maximum atomic E-state index is 13.9. The minimum atomic E-state index is -0.414. The second-order valence-corrected chi connectivity index (χ2v) is 4.98. The van der Waals surface area contributed by atoms with Gasteiger partial charge in [-0.3, -0.25) is 10.3 Å². The molecule has 21 heavy (non-hydrogen) atoms. The topological polar surface area (TPSA) is 53.1 Å². The van der Waals surface area contributed by atoms with E-state index in [1.807, 2.05) is 4.90 Å². The van der Waals surface area contributed by atoms with Crippen LogP contribution in [-0.2, 0) is 13.1 Å². The van der Waals surface area contributed by atoms with Crippen LogP contribution < -0.4 is 5.73 Å². The van der Waals surface area contributed by atoms with E-state index in [1.54, 1.807) is 37.4 Å². The summed E-state index contributed by atoms with van der Waals surface area (Å²) in [5, 5.41) is 7.28. The molecular formula is C16H17F2N3. The largest absolute Gasteiger partial charge is 0.384 e. The van der Waals surface area contributed by atoms with Gasteiger partial charge in [0.2, 0.25) is 0 Å². The highest BCUT2D eigenvalue weighted by molar-refractivity contribution is 5.94. The SMILES string of the molecule is CN(Cc1ccccc1F)Cc1ccc(C(=N)N)cc1F. The molecular weight excluding hydrogens is 272 g/mol. The summed E-state index contributed by atoms with van der Waals surface area (Å²) in [5.74, 6) is -0.847. The predicted octanol–water partition coefficient (Wildman–Crippen LogP) is 2.88. The molecule has 3 N–H and O–H groups in total. The molecule has 0 amide bonds. The number of nitrogens with two attached hydrogens (primary N) is 1. The Kier molecular flexibility index (Phi) is 4.65. The smallest absolute Gasteiger partial charge is 0.128 e. The van der Waals surface area contributed by atoms with Gasteiger partial charge in [-0.2, -0.15) is 0 Å². The van der Waals surface area contributed by atoms with Gasteiger partial charge in [0.1, 0.15) is 17.5 Å². The van der Waals surface area contributed by atoms with Gasteiger partial charge in [-0.25, -0.2) is 8.78 Å². The van der Waals surface area contributed by atoms with Crippen LogP contribution in [-0.4, -0.2) is 17.8 Å². The van der Waals surface area contributed by atoms with E-state index in [0.29, 0.717) is 29.8 Å². The van der Waals surface area contributed by atoms with Crippen molar-refractivity contribution in [2.45, 2.75) is 13.1 Å². The lowest BCUT2D eigenvalue weighted by molar-refractivity contribution is 0.308. The lowest BCUT2D eigenvalue weighted by atomic mass is 10.1. The fraction of sp³-hybridized carbons (Fsp3) is 0.188. The van der Waals surface area contributed by atoms with E-state index in [1.165, 1.54) is 12.1 Å². The average molecular weight is 289 g/mol. The van der Waals surface area contributed by atoms with Gasteiger partial charge in [-0.05, 0) is 19.2 Å². The van der Waals surface area contributed by atoms with Crippen LogP contribution in [0.5, 0.6) is 0 Å². The molecule has 5 heteroatoms. The van der Waals surface area contributed by atoms with E-state index in [9.17, 15) is 8.78 Å². The zero-order valence-electron chi connectivity index (χ0n) is 11.7. The molecule has 0 bridgehead atoms. The lowest BCUT2D eigenvalue weighted by Crippen LogP contribution is -2.19. The number of nitrogen functional groups attached to an aromatic ring is 1. The molecule has 2 aromatic carbocycles. The van der Waals surface area contributed by atoms with Gasteiger partial charge < -0.3 is 5.73 Å². The Morgan fingerprint density at radius 1 is 1.05 bits per heavy atom. The number of nitrogens with zero attached hydrogens (tertiary/aromatic N) is 1. The molecule has 0 aliphatic heterocycles. The average Bonchev–Trinajstić information content (AvgIpc) is 2.43. The summed E-state index contributed by atoms with van der Waals surface area (Å²) in [7, 11) is 1.80. The Bertz CT molecular complexity index is 656. The van der Waals surface area contributed by atoms with E-state index in [2.05, 4.69) is 0 Å². The monoisotopic (exact) mass is 289 g/mol. The van der Waals surface area contributed by atoms with Crippen LogP contribution in [0.15, 0.2) is 42.5 Å². The Balaban J connectivity index is 2.08. The number of amidine groups is 1. The maximum absolute atomic E-state index is 13.9. The second kappa shape index (κ2) is 6.45. The van der Waals surface area contributed by atoms with Gasteiger partial charge in [0.05, 0.1) is 0 Å². The van der Waals surface area contributed by atoms with Gasteiger partial charge in [0, 0.05) is 29.8 Å². The fourth-order valence-electron chi connectivity index (χ4n) is 2.11. The van der Waals surface area contributed by atoms with E-state index >= 15 is 0 Å². The molecule has 110 valence electrons. The summed E-state index contributed by atoms with van der Waals surface area (Å²) in [4.78, 5) is 1.82. The molecule has 0 spiro atoms. The standard InChI is InChI=1S/C16H17F2N3/c1-21(9-12-4-2-3-5-14(12)17)10-13-7-6-11(16(19)20)8-15(13)18/h2-8H,9-10H2,1H3,(H3,19,20). The molecule has 3 nitrogen and oxygen atoms in total. The highest BCUT2D eigenvalue weighted by Crippen LogP contribution is 2.15. The minimum Gasteiger partial charge on any atom is -0.384 e. The predicted molar refractivity (Wildman–Crippen MR) is 79.0 cm³/mol. The number of rotatable bonds is 5. The van der Waals surface area contributed by atoms with Crippen LogP contribution in [0, 0.1) is 17.0 Å². The van der Waals surface area contributed by atoms with Crippen molar-refractivity contribution in [1.29, 1.82) is 5.41 Å². The second-order valence-electron chi connectivity index (χ2n) is 4.98. The van der Waals surface area contributed by atoms with Gasteiger partial charge in [-0.1, -0.05) is 30.3 Å². The summed E-state index contributed by atoms with van der Waals surface area (Å²) in [6.07, 6.45) is 0. The van der Waals surface area contributed by atoms with Crippen molar-refractivity contribution in [3.8, 4) is 0 Å². The van der Waals surface area contributed by atoms with Crippen molar-refractivity contribution in [2.24, 2.45) is 5.73 Å². The van der Waals surface area contributed by atoms with Crippen molar-refractivity contribution in [3.63, 3.8) is 0 Å². The van der Waals surface area contributed by atoms with Crippen LogP contribution in [0.2, 0.25) is 0 Å². The van der Waals surface area contributed by atoms with Gasteiger partial charge >= 0.3 is 0 Å². The molecule has 0 atom stereocenters. The van der Waals surface area contributed by atoms with Gasteiger partial charge in [0.25, 0.3) is 0 Å². The Morgan fingerprint density at radius 2 is 1.67 bits per heavy atom. The molecule has 0 saturated heterocycles. The van der Waals surface area contributed by atoms with Crippen molar-refractivity contribution >= 4 is 5.84 Å². The summed E-state index contributed by atoms with van der Waals surface area (Å²) in [6, 6.07) is 11.0. The van der Waals surface area contributed by atoms with Crippen LogP contribution >= 0.6 is 0 Å². The third-order valence-corrected chi connectivity index (χ3v) is 3.20. The van der Waals surface area contributed by atoms with Crippen LogP contribution in [0.25, 0.3) is 0 Å². The first-order valence-electron chi connectivity index (χ1n) is 6.52. The Labute approximate surface area is 122 Å².